The molecular weight excluding hydrogens is 239 g/mol. The van der Waals surface area contributed by atoms with Crippen LogP contribution in [-0.4, -0.2) is 28.9 Å². The molecule has 0 aliphatic carbocycles. The first kappa shape index (κ1) is 12.0. The number of nitrogens with zero attached hydrogens (tertiary/aromatic N) is 1. The zero-order valence-corrected chi connectivity index (χ0v) is 10.1. The number of anilines is 1. The van der Waals surface area contributed by atoms with Crippen LogP contribution in [0.25, 0.3) is 0 Å². The average Bonchev–Trinajstić information content (AvgIpc) is 2.84. The molecule has 0 radical (unpaired) electrons. The monoisotopic (exact) mass is 252 g/mol. The van der Waals surface area contributed by atoms with E-state index in [-0.39, 0.29) is 10.7 Å². The summed E-state index contributed by atoms with van der Waals surface area (Å²) >= 11 is 5.07. The van der Waals surface area contributed by atoms with Crippen LogP contribution in [-0.2, 0) is 4.79 Å². The van der Waals surface area contributed by atoms with Gasteiger partial charge in [0.1, 0.15) is 5.82 Å². The highest BCUT2D eigenvalue weighted by Crippen LogP contribution is 2.14. The Balaban J connectivity index is 2.01. The maximum absolute atomic E-state index is 13.3. The third kappa shape index (κ3) is 2.79. The summed E-state index contributed by atoms with van der Waals surface area (Å²) in [6.45, 7) is 1.62. The van der Waals surface area contributed by atoms with Crippen LogP contribution in [0, 0.1) is 5.82 Å². The lowest BCUT2D eigenvalue weighted by Crippen LogP contribution is -2.36. The molecule has 0 atom stereocenters. The summed E-state index contributed by atoms with van der Waals surface area (Å²) in [4.78, 5) is 13.9. The van der Waals surface area contributed by atoms with E-state index < -0.39 is 11.7 Å². The third-order valence-electron chi connectivity index (χ3n) is 2.71. The number of likely N-dealkylation sites (tertiary alicyclic amines) is 1. The lowest BCUT2D eigenvalue weighted by atomic mass is 10.3. The number of carbonyl (C=O) groups excluding carboxylic acids is 1. The van der Waals surface area contributed by atoms with Gasteiger partial charge < -0.3 is 10.2 Å². The smallest absolute Gasteiger partial charge is 0.283 e. The number of nitrogens with one attached hydrogen (secondary N) is 1. The summed E-state index contributed by atoms with van der Waals surface area (Å²) < 4.78 is 13.3. The Morgan fingerprint density at radius 1 is 1.29 bits per heavy atom. The summed E-state index contributed by atoms with van der Waals surface area (Å²) in [6, 6.07) is 6.05. The molecule has 1 amide bonds. The zero-order valence-electron chi connectivity index (χ0n) is 9.28. The Kier molecular flexibility index (Phi) is 3.68. The van der Waals surface area contributed by atoms with Gasteiger partial charge in [0.2, 0.25) is 0 Å². The SMILES string of the molecule is O=C(Nc1ccccc1F)C(=S)N1CCCC1. The van der Waals surface area contributed by atoms with Crippen molar-refractivity contribution < 1.29 is 9.18 Å². The fourth-order valence-corrected chi connectivity index (χ4v) is 2.04. The van der Waals surface area contributed by atoms with Crippen LogP contribution in [0.5, 0.6) is 0 Å². The van der Waals surface area contributed by atoms with Crippen LogP contribution in [0.3, 0.4) is 0 Å². The molecule has 1 fully saturated rings. The van der Waals surface area contributed by atoms with E-state index in [2.05, 4.69) is 5.32 Å². The summed E-state index contributed by atoms with van der Waals surface area (Å²) in [6.07, 6.45) is 2.10. The predicted molar refractivity (Wildman–Crippen MR) is 68.4 cm³/mol. The fraction of sp³-hybridized carbons (Fsp3) is 0.333. The first-order valence-electron chi connectivity index (χ1n) is 5.53. The second kappa shape index (κ2) is 5.23. The van der Waals surface area contributed by atoms with Crippen LogP contribution in [0.15, 0.2) is 24.3 Å². The van der Waals surface area contributed by atoms with Gasteiger partial charge in [0, 0.05) is 13.1 Å². The molecule has 1 aromatic rings. The van der Waals surface area contributed by atoms with E-state index in [0.29, 0.717) is 0 Å². The van der Waals surface area contributed by atoms with Crippen LogP contribution in [0.2, 0.25) is 0 Å². The van der Waals surface area contributed by atoms with Crippen molar-refractivity contribution in [2.45, 2.75) is 12.8 Å². The molecule has 0 aromatic heterocycles. The van der Waals surface area contributed by atoms with E-state index in [1.165, 1.54) is 12.1 Å². The van der Waals surface area contributed by atoms with Crippen molar-refractivity contribution in [2.75, 3.05) is 18.4 Å². The molecule has 0 saturated carbocycles. The highest BCUT2D eigenvalue weighted by atomic mass is 32.1. The molecule has 90 valence electrons. The first-order chi connectivity index (χ1) is 8.18. The summed E-state index contributed by atoms with van der Waals surface area (Å²) in [5, 5.41) is 2.49. The lowest BCUT2D eigenvalue weighted by Gasteiger charge is -2.17. The minimum absolute atomic E-state index is 0.166. The first-order valence-corrected chi connectivity index (χ1v) is 5.94. The second-order valence-corrected chi connectivity index (χ2v) is 4.32. The third-order valence-corrected chi connectivity index (χ3v) is 3.15. The molecule has 1 heterocycles. The Hall–Kier alpha value is -1.49. The van der Waals surface area contributed by atoms with Gasteiger partial charge >= 0.3 is 0 Å². The molecule has 2 rings (SSSR count). The van der Waals surface area contributed by atoms with Crippen molar-refractivity contribution >= 4 is 28.8 Å². The van der Waals surface area contributed by atoms with E-state index in [1.807, 2.05) is 4.90 Å². The molecule has 1 aliphatic rings. The van der Waals surface area contributed by atoms with Crippen molar-refractivity contribution in [1.82, 2.24) is 4.90 Å². The Morgan fingerprint density at radius 2 is 1.94 bits per heavy atom. The minimum Gasteiger partial charge on any atom is -0.358 e. The predicted octanol–water partition coefficient (Wildman–Crippen LogP) is 2.19. The minimum atomic E-state index is -0.454. The molecule has 3 nitrogen and oxygen atoms in total. The highest BCUT2D eigenvalue weighted by molar-refractivity contribution is 7.82. The topological polar surface area (TPSA) is 32.3 Å². The van der Waals surface area contributed by atoms with Crippen LogP contribution < -0.4 is 5.32 Å². The number of hydrogen-bond acceptors (Lipinski definition) is 2. The van der Waals surface area contributed by atoms with Gasteiger partial charge in [-0.15, -0.1) is 0 Å². The van der Waals surface area contributed by atoms with E-state index in [1.54, 1.807) is 12.1 Å². The van der Waals surface area contributed by atoms with E-state index >= 15 is 0 Å². The van der Waals surface area contributed by atoms with Gasteiger partial charge in [-0.3, -0.25) is 4.79 Å². The average molecular weight is 252 g/mol. The molecule has 17 heavy (non-hydrogen) atoms. The lowest BCUT2D eigenvalue weighted by molar-refractivity contribution is -0.110. The molecule has 1 aromatic carbocycles. The van der Waals surface area contributed by atoms with E-state index in [4.69, 9.17) is 12.2 Å². The normalized spacial score (nSPS) is 14.8. The number of halogens is 1. The molecule has 1 aliphatic heterocycles. The maximum Gasteiger partial charge on any atom is 0.283 e. The van der Waals surface area contributed by atoms with Gasteiger partial charge in [-0.2, -0.15) is 0 Å². The highest BCUT2D eigenvalue weighted by Gasteiger charge is 2.21. The van der Waals surface area contributed by atoms with Gasteiger partial charge in [0.05, 0.1) is 5.69 Å². The van der Waals surface area contributed by atoms with Crippen LogP contribution in [0.4, 0.5) is 10.1 Å². The van der Waals surface area contributed by atoms with Crippen molar-refractivity contribution in [2.24, 2.45) is 0 Å². The number of hydrogen-bond donors (Lipinski definition) is 1. The maximum atomic E-state index is 13.3. The zero-order chi connectivity index (χ0) is 12.3. The molecule has 5 heteroatoms. The fourth-order valence-electron chi connectivity index (χ4n) is 1.80. The van der Waals surface area contributed by atoms with Crippen LogP contribution in [0.1, 0.15) is 12.8 Å². The summed E-state index contributed by atoms with van der Waals surface area (Å²) in [5.41, 5.74) is 0.166. The van der Waals surface area contributed by atoms with Crippen molar-refractivity contribution in [1.29, 1.82) is 0 Å². The Morgan fingerprint density at radius 3 is 2.59 bits per heavy atom. The number of para-hydroxylation sites is 1. The van der Waals surface area contributed by atoms with E-state index in [0.717, 1.165) is 25.9 Å². The number of benzene rings is 1. The second-order valence-electron chi connectivity index (χ2n) is 3.93. The van der Waals surface area contributed by atoms with E-state index in [9.17, 15) is 9.18 Å². The van der Waals surface area contributed by atoms with Crippen LogP contribution >= 0.6 is 12.2 Å². The standard InChI is InChI=1S/C12H13FN2OS/c13-9-5-1-2-6-10(9)14-11(16)12(17)15-7-3-4-8-15/h1-2,5-6H,3-4,7-8H2,(H,14,16). The molecule has 1 saturated heterocycles. The quantitative estimate of drug-likeness (QED) is 0.778. The Bertz CT molecular complexity index is 444. The summed E-state index contributed by atoms with van der Waals surface area (Å²) in [5.74, 6) is -0.864. The van der Waals surface area contributed by atoms with Gasteiger partial charge in [0.25, 0.3) is 5.91 Å². The number of thiocarbonyl (C=S) groups is 1. The van der Waals surface area contributed by atoms with Gasteiger partial charge in [0.15, 0.2) is 4.99 Å². The molecule has 0 spiro atoms. The van der Waals surface area contributed by atoms with Gasteiger partial charge in [-0.1, -0.05) is 24.4 Å². The van der Waals surface area contributed by atoms with Crippen molar-refractivity contribution in [3.8, 4) is 0 Å². The largest absolute Gasteiger partial charge is 0.358 e. The molecule has 0 unspecified atom stereocenters. The number of rotatable bonds is 1. The van der Waals surface area contributed by atoms with Gasteiger partial charge in [-0.05, 0) is 25.0 Å². The summed E-state index contributed by atoms with van der Waals surface area (Å²) in [7, 11) is 0. The van der Waals surface area contributed by atoms with Crippen molar-refractivity contribution in [3.05, 3.63) is 30.1 Å². The molecular formula is C12H13FN2OS. The molecule has 1 N–H and O–H groups in total. The number of amides is 1. The number of carbonyl (C=O) groups is 1. The molecule has 0 bridgehead atoms. The van der Waals surface area contributed by atoms with Crippen molar-refractivity contribution in [3.63, 3.8) is 0 Å². The van der Waals surface area contributed by atoms with Gasteiger partial charge in [-0.25, -0.2) is 4.39 Å². The Labute approximate surface area is 105 Å².